The molecule has 0 radical (unpaired) electrons. The zero-order chi connectivity index (χ0) is 25.1. The van der Waals surface area contributed by atoms with Gasteiger partial charge in [0.25, 0.3) is 5.91 Å². The molecule has 0 atom stereocenters. The Hall–Kier alpha value is -4.71. The molecule has 0 aliphatic heterocycles. The van der Waals surface area contributed by atoms with Gasteiger partial charge in [-0.05, 0) is 65.7 Å². The summed E-state index contributed by atoms with van der Waals surface area (Å²) in [6, 6.07) is 28.4. The van der Waals surface area contributed by atoms with Gasteiger partial charge in [0.05, 0.1) is 23.9 Å². The molecule has 0 aliphatic carbocycles. The van der Waals surface area contributed by atoms with Crippen LogP contribution in [-0.2, 0) is 9.53 Å². The molecule has 0 saturated carbocycles. The maximum absolute atomic E-state index is 13.1. The number of hydrogen-bond donors (Lipinski definition) is 1. The zero-order valence-corrected chi connectivity index (χ0v) is 19.9. The number of para-hydroxylation sites is 1. The topological polar surface area (TPSA) is 77.5 Å². The van der Waals surface area contributed by atoms with Crippen molar-refractivity contribution >= 4 is 39.2 Å². The predicted octanol–water partition coefficient (Wildman–Crippen LogP) is 6.17. The normalized spacial score (nSPS) is 10.8. The van der Waals surface area contributed by atoms with Gasteiger partial charge in [0.15, 0.2) is 6.61 Å². The van der Waals surface area contributed by atoms with E-state index >= 15 is 0 Å². The number of carbonyl (C=O) groups excluding carboxylic acids is 2. The summed E-state index contributed by atoms with van der Waals surface area (Å²) in [7, 11) is 1.64. The summed E-state index contributed by atoms with van der Waals surface area (Å²) in [4.78, 5) is 30.2. The number of aromatic nitrogens is 1. The van der Waals surface area contributed by atoms with Crippen LogP contribution < -0.4 is 10.1 Å². The first-order chi connectivity index (χ1) is 17.5. The van der Waals surface area contributed by atoms with E-state index in [-0.39, 0.29) is 0 Å². The van der Waals surface area contributed by atoms with Gasteiger partial charge >= 0.3 is 5.97 Å². The summed E-state index contributed by atoms with van der Waals surface area (Å²) < 4.78 is 10.7. The minimum Gasteiger partial charge on any atom is -0.497 e. The van der Waals surface area contributed by atoms with Crippen molar-refractivity contribution < 1.29 is 19.1 Å². The number of benzene rings is 4. The van der Waals surface area contributed by atoms with Crippen LogP contribution in [0.15, 0.2) is 91.0 Å². The third-order valence-electron chi connectivity index (χ3n) is 5.92. The van der Waals surface area contributed by atoms with Crippen molar-refractivity contribution in [1.82, 2.24) is 4.98 Å². The molecule has 0 spiro atoms. The van der Waals surface area contributed by atoms with Crippen LogP contribution in [0.25, 0.3) is 32.9 Å². The van der Waals surface area contributed by atoms with Gasteiger partial charge in [0.1, 0.15) is 5.75 Å². The van der Waals surface area contributed by atoms with E-state index in [0.717, 1.165) is 27.6 Å². The van der Waals surface area contributed by atoms with E-state index in [1.54, 1.807) is 19.2 Å². The molecule has 5 aromatic rings. The van der Waals surface area contributed by atoms with Crippen molar-refractivity contribution in [2.75, 3.05) is 19.0 Å². The molecule has 36 heavy (non-hydrogen) atoms. The molecule has 0 aliphatic rings. The lowest BCUT2D eigenvalue weighted by molar-refractivity contribution is -0.119. The van der Waals surface area contributed by atoms with Crippen molar-refractivity contribution in [2.24, 2.45) is 0 Å². The summed E-state index contributed by atoms with van der Waals surface area (Å²) in [5.74, 6) is -0.201. The summed E-state index contributed by atoms with van der Waals surface area (Å²) in [6.45, 7) is 1.55. The quantitative estimate of drug-likeness (QED) is 0.297. The number of ether oxygens (including phenoxy) is 2. The van der Waals surface area contributed by atoms with E-state index in [9.17, 15) is 9.59 Å². The Bertz CT molecular complexity index is 1610. The predicted molar refractivity (Wildman–Crippen MR) is 141 cm³/mol. The van der Waals surface area contributed by atoms with Crippen LogP contribution in [0.4, 0.5) is 5.69 Å². The molecule has 1 amide bonds. The fraction of sp³-hybridized carbons (Fsp3) is 0.100. The highest BCUT2D eigenvalue weighted by Gasteiger charge is 2.17. The highest BCUT2D eigenvalue weighted by atomic mass is 16.5. The number of rotatable bonds is 6. The molecule has 5 rings (SSSR count). The first-order valence-electron chi connectivity index (χ1n) is 11.5. The van der Waals surface area contributed by atoms with Gasteiger partial charge in [-0.2, -0.15) is 0 Å². The number of hydrogen-bond acceptors (Lipinski definition) is 5. The van der Waals surface area contributed by atoms with Gasteiger partial charge in [-0.1, -0.05) is 48.5 Å². The van der Waals surface area contributed by atoms with E-state index in [0.29, 0.717) is 27.8 Å². The largest absolute Gasteiger partial charge is 0.497 e. The summed E-state index contributed by atoms with van der Waals surface area (Å²) in [5, 5.41) is 5.48. The molecule has 4 aromatic carbocycles. The molecule has 0 unspecified atom stereocenters. The first-order valence-corrected chi connectivity index (χ1v) is 11.5. The van der Waals surface area contributed by atoms with E-state index in [2.05, 4.69) is 5.32 Å². The van der Waals surface area contributed by atoms with E-state index in [1.165, 1.54) is 0 Å². The fourth-order valence-electron chi connectivity index (χ4n) is 4.13. The lowest BCUT2D eigenvalue weighted by Crippen LogP contribution is -2.21. The van der Waals surface area contributed by atoms with Gasteiger partial charge in [0.2, 0.25) is 0 Å². The van der Waals surface area contributed by atoms with Crippen LogP contribution in [-0.4, -0.2) is 30.6 Å². The number of aryl methyl sites for hydroxylation is 1. The lowest BCUT2D eigenvalue weighted by atomic mass is 10.0. The molecule has 0 bridgehead atoms. The van der Waals surface area contributed by atoms with Crippen LogP contribution in [0.1, 0.15) is 15.9 Å². The Kier molecular flexibility index (Phi) is 6.33. The lowest BCUT2D eigenvalue weighted by Gasteiger charge is -2.11. The second-order valence-corrected chi connectivity index (χ2v) is 8.49. The number of amides is 1. The number of fused-ring (bicyclic) bond motifs is 2. The summed E-state index contributed by atoms with van der Waals surface area (Å²) in [6.07, 6.45) is 0. The maximum atomic E-state index is 13.1. The number of esters is 1. The van der Waals surface area contributed by atoms with Gasteiger partial charge < -0.3 is 14.8 Å². The van der Waals surface area contributed by atoms with Crippen molar-refractivity contribution in [3.8, 4) is 17.0 Å². The SMILES string of the molecule is COc1ccc2cc(-c3cc(C(=O)OCC(=O)Nc4cccc(C)c4)c4ccccc4n3)ccc2c1. The van der Waals surface area contributed by atoms with Crippen molar-refractivity contribution in [3.05, 3.63) is 102 Å². The van der Waals surface area contributed by atoms with E-state index in [4.69, 9.17) is 14.5 Å². The molecule has 6 nitrogen and oxygen atoms in total. The Morgan fingerprint density at radius 3 is 2.50 bits per heavy atom. The molecule has 6 heteroatoms. The van der Waals surface area contributed by atoms with Gasteiger partial charge in [-0.25, -0.2) is 9.78 Å². The molecular weight excluding hydrogens is 452 g/mol. The van der Waals surface area contributed by atoms with Gasteiger partial charge in [-0.3, -0.25) is 4.79 Å². The van der Waals surface area contributed by atoms with Gasteiger partial charge in [0, 0.05) is 16.6 Å². The van der Waals surface area contributed by atoms with Crippen LogP contribution >= 0.6 is 0 Å². The Labute approximate surface area is 208 Å². The summed E-state index contributed by atoms with van der Waals surface area (Å²) >= 11 is 0. The molecule has 1 heterocycles. The summed E-state index contributed by atoms with van der Waals surface area (Å²) in [5.41, 5.74) is 4.21. The Balaban J connectivity index is 1.42. The van der Waals surface area contributed by atoms with Crippen molar-refractivity contribution in [1.29, 1.82) is 0 Å². The van der Waals surface area contributed by atoms with E-state index < -0.39 is 18.5 Å². The van der Waals surface area contributed by atoms with Crippen molar-refractivity contribution in [2.45, 2.75) is 6.92 Å². The highest BCUT2D eigenvalue weighted by Crippen LogP contribution is 2.29. The fourth-order valence-corrected chi connectivity index (χ4v) is 4.13. The molecule has 1 N–H and O–H groups in total. The monoisotopic (exact) mass is 476 g/mol. The third kappa shape index (κ3) is 4.88. The molecule has 0 saturated heterocycles. The first kappa shape index (κ1) is 23.1. The number of anilines is 1. The van der Waals surface area contributed by atoms with Crippen LogP contribution in [0, 0.1) is 6.92 Å². The molecular formula is C30H24N2O4. The average Bonchev–Trinajstić information content (AvgIpc) is 2.90. The number of nitrogens with zero attached hydrogens (tertiary/aromatic N) is 1. The minimum absolute atomic E-state index is 0.355. The van der Waals surface area contributed by atoms with Gasteiger partial charge in [-0.15, -0.1) is 0 Å². The minimum atomic E-state index is -0.584. The molecule has 178 valence electrons. The molecule has 0 fully saturated rings. The number of methoxy groups -OCH3 is 1. The maximum Gasteiger partial charge on any atom is 0.339 e. The molecule has 1 aromatic heterocycles. The second kappa shape index (κ2) is 9.88. The number of carbonyl (C=O) groups is 2. The average molecular weight is 477 g/mol. The standard InChI is InChI=1S/C30H24N2O4/c1-19-6-5-7-23(14-19)31-29(33)18-36-30(34)26-17-28(32-27-9-4-3-8-25(26)27)22-11-10-21-16-24(35-2)13-12-20(21)15-22/h3-17H,18H2,1-2H3,(H,31,33). The van der Waals surface area contributed by atoms with Crippen molar-refractivity contribution in [3.63, 3.8) is 0 Å². The van der Waals surface area contributed by atoms with Crippen LogP contribution in [0.3, 0.4) is 0 Å². The zero-order valence-electron chi connectivity index (χ0n) is 19.9. The van der Waals surface area contributed by atoms with E-state index in [1.807, 2.05) is 85.8 Å². The number of nitrogens with one attached hydrogen (secondary N) is 1. The van der Waals surface area contributed by atoms with Crippen LogP contribution in [0.2, 0.25) is 0 Å². The smallest absolute Gasteiger partial charge is 0.339 e. The Morgan fingerprint density at radius 1 is 0.861 bits per heavy atom. The Morgan fingerprint density at radius 2 is 1.67 bits per heavy atom. The number of pyridine rings is 1. The highest BCUT2D eigenvalue weighted by molar-refractivity contribution is 6.05. The third-order valence-corrected chi connectivity index (χ3v) is 5.92. The second-order valence-electron chi connectivity index (χ2n) is 8.49. The van der Waals surface area contributed by atoms with Crippen LogP contribution in [0.5, 0.6) is 5.75 Å².